The van der Waals surface area contributed by atoms with Crippen LogP contribution in [0.2, 0.25) is 0 Å². The molecule has 2 aliphatic carbocycles. The summed E-state index contributed by atoms with van der Waals surface area (Å²) in [6.45, 7) is 9.90. The molecule has 7 aromatic rings. The van der Waals surface area contributed by atoms with Gasteiger partial charge in [0.15, 0.2) is 0 Å². The normalized spacial score (nSPS) is 18.8. The number of hydrogen-bond donors (Lipinski definition) is 0. The van der Waals surface area contributed by atoms with Gasteiger partial charge in [-0.1, -0.05) is 168 Å². The summed E-state index contributed by atoms with van der Waals surface area (Å²) in [4.78, 5) is 5.45. The maximum atomic E-state index is 2.74. The van der Waals surface area contributed by atoms with Gasteiger partial charge in [-0.25, -0.2) is 0 Å². The molecule has 3 aliphatic heterocycles. The number of hydrogen-bond acceptors (Lipinski definition) is 2. The Morgan fingerprint density at radius 1 is 0.500 bits per heavy atom. The lowest BCUT2D eigenvalue weighted by molar-refractivity contribution is 0.332. The molecule has 2 nitrogen and oxygen atoms in total. The summed E-state index contributed by atoms with van der Waals surface area (Å²) in [6, 6.07) is 61.2. The molecule has 1 fully saturated rings. The van der Waals surface area contributed by atoms with E-state index in [2.05, 4.69) is 195 Å². The molecule has 0 aromatic heterocycles. The molecule has 0 spiro atoms. The minimum Gasteiger partial charge on any atom is -0.376 e. The minimum atomic E-state index is -0.527. The van der Waals surface area contributed by atoms with Gasteiger partial charge in [0.25, 0.3) is 0 Å². The third-order valence-electron chi connectivity index (χ3n) is 15.5. The number of fused-ring (bicyclic) bond motifs is 7. The maximum absolute atomic E-state index is 2.74. The van der Waals surface area contributed by atoms with E-state index >= 15 is 0 Å². The predicted octanol–water partition coefficient (Wildman–Crippen LogP) is 13.5. The molecule has 0 unspecified atom stereocenters. The fourth-order valence-corrected chi connectivity index (χ4v) is 12.5. The second-order valence-corrected chi connectivity index (χ2v) is 19.7. The molecule has 60 heavy (non-hydrogen) atoms. The number of benzene rings is 7. The van der Waals surface area contributed by atoms with Crippen molar-refractivity contribution >= 4 is 46.2 Å². The summed E-state index contributed by atoms with van der Waals surface area (Å²) in [5, 5.41) is 0. The summed E-state index contributed by atoms with van der Waals surface area (Å²) in [7, 11) is 0. The van der Waals surface area contributed by atoms with E-state index < -0.39 is 5.41 Å². The molecule has 294 valence electrons. The van der Waals surface area contributed by atoms with Gasteiger partial charge in [0.05, 0.1) is 11.1 Å². The quantitative estimate of drug-likeness (QED) is 0.164. The summed E-state index contributed by atoms with van der Waals surface area (Å²) in [6.07, 6.45) is 8.88. The van der Waals surface area contributed by atoms with Gasteiger partial charge in [-0.3, -0.25) is 0 Å². The summed E-state index contributed by atoms with van der Waals surface area (Å²) in [5.74, 6) is 0.562. The van der Waals surface area contributed by atoms with Crippen molar-refractivity contribution in [3.05, 3.63) is 197 Å². The first-order valence-corrected chi connectivity index (χ1v) is 22.6. The molecule has 12 rings (SSSR count). The van der Waals surface area contributed by atoms with Gasteiger partial charge in [-0.15, -0.1) is 0 Å². The predicted molar refractivity (Wildman–Crippen MR) is 253 cm³/mol. The van der Waals surface area contributed by atoms with E-state index in [0.717, 1.165) is 0 Å². The molecular weight excluding hydrogens is 723 g/mol. The molecule has 3 heteroatoms. The van der Waals surface area contributed by atoms with E-state index in [-0.39, 0.29) is 17.7 Å². The van der Waals surface area contributed by atoms with Crippen LogP contribution < -0.4 is 20.6 Å². The van der Waals surface area contributed by atoms with Crippen molar-refractivity contribution in [2.75, 3.05) is 9.71 Å². The van der Waals surface area contributed by atoms with Gasteiger partial charge in [-0.05, 0) is 134 Å². The van der Waals surface area contributed by atoms with Crippen LogP contribution >= 0.6 is 0 Å². The average molecular weight is 777 g/mol. The Labute approximate surface area is 357 Å². The van der Waals surface area contributed by atoms with Crippen molar-refractivity contribution in [2.45, 2.75) is 94.8 Å². The largest absolute Gasteiger partial charge is 0.376 e. The molecular formula is C57H53BN2. The van der Waals surface area contributed by atoms with Crippen LogP contribution in [0.5, 0.6) is 0 Å². The Bertz CT molecular complexity index is 2780. The van der Waals surface area contributed by atoms with Crippen LogP contribution in [0.25, 0.3) is 11.1 Å². The van der Waals surface area contributed by atoms with Crippen LogP contribution in [0.15, 0.2) is 158 Å². The molecule has 0 N–H and O–H groups in total. The fraction of sp³-hybridized carbons (Fsp3) is 0.263. The monoisotopic (exact) mass is 776 g/mol. The highest BCUT2D eigenvalue weighted by molar-refractivity contribution is 6.93. The third kappa shape index (κ3) is 4.96. The second kappa shape index (κ2) is 13.1. The standard InChI is InChI=1S/C57H53BN2/c1-55(2)32-33-56(3,4)48-37-51-43(36-47(48)55)44-34-39(38-20-9-5-10-21-38)35-52-53(44)58(60(51)42-26-15-8-16-27-42)49-30-19-29-46-54(49)59(52)50-31-18-17-28-45(50)57(46,40-22-11-6-12-23-40)41-24-13-7-14-25-41/h6-8,11-19,22-31,34-38H,5,9-10,20-21,32-33H2,1-4H3. The zero-order valence-corrected chi connectivity index (χ0v) is 35.5. The summed E-state index contributed by atoms with van der Waals surface area (Å²) < 4.78 is 0. The number of nitrogens with zero attached hydrogens (tertiary/aromatic N) is 2. The van der Waals surface area contributed by atoms with E-state index in [1.54, 1.807) is 0 Å². The Balaban J connectivity index is 1.24. The van der Waals surface area contributed by atoms with Gasteiger partial charge >= 0.3 is 6.85 Å². The van der Waals surface area contributed by atoms with Crippen molar-refractivity contribution < 1.29 is 0 Å². The van der Waals surface area contributed by atoms with Crippen LogP contribution in [0, 0.1) is 0 Å². The Kier molecular flexibility index (Phi) is 7.88. The first-order chi connectivity index (χ1) is 29.3. The average Bonchev–Trinajstić information content (AvgIpc) is 3.29. The topological polar surface area (TPSA) is 6.48 Å². The van der Waals surface area contributed by atoms with Gasteiger partial charge < -0.3 is 9.71 Å². The van der Waals surface area contributed by atoms with E-state index in [9.17, 15) is 0 Å². The van der Waals surface area contributed by atoms with E-state index in [1.807, 2.05) is 0 Å². The number of anilines is 5. The third-order valence-corrected chi connectivity index (χ3v) is 15.5. The maximum Gasteiger partial charge on any atom is 0.333 e. The molecule has 0 saturated heterocycles. The highest BCUT2D eigenvalue weighted by Gasteiger charge is 2.53. The molecule has 5 aliphatic rings. The Morgan fingerprint density at radius 3 is 1.78 bits per heavy atom. The number of rotatable bonds is 4. The molecule has 0 bridgehead atoms. The molecule has 1 saturated carbocycles. The number of para-hydroxylation sites is 3. The van der Waals surface area contributed by atoms with Crippen LogP contribution in [-0.4, -0.2) is 6.85 Å². The van der Waals surface area contributed by atoms with E-state index in [0.29, 0.717) is 5.92 Å². The molecule has 0 atom stereocenters. The van der Waals surface area contributed by atoms with Crippen molar-refractivity contribution in [1.29, 1.82) is 0 Å². The van der Waals surface area contributed by atoms with Gasteiger partial charge in [0, 0.05) is 28.3 Å². The zero-order chi connectivity index (χ0) is 40.4. The highest BCUT2D eigenvalue weighted by atomic mass is 15.2. The fourth-order valence-electron chi connectivity index (χ4n) is 12.5. The van der Waals surface area contributed by atoms with Crippen molar-refractivity contribution in [1.82, 2.24) is 0 Å². The molecule has 3 heterocycles. The highest BCUT2D eigenvalue weighted by Crippen LogP contribution is 2.60. The van der Waals surface area contributed by atoms with Gasteiger partial charge in [0.1, 0.15) is 0 Å². The minimum absolute atomic E-state index is 0.0243. The van der Waals surface area contributed by atoms with Crippen LogP contribution in [0.4, 0.5) is 28.4 Å². The molecule has 0 radical (unpaired) electrons. The van der Waals surface area contributed by atoms with Gasteiger partial charge in [-0.2, -0.15) is 0 Å². The first-order valence-electron chi connectivity index (χ1n) is 22.6. The first kappa shape index (κ1) is 36.1. The van der Waals surface area contributed by atoms with Crippen molar-refractivity contribution in [3.8, 4) is 11.1 Å². The van der Waals surface area contributed by atoms with Crippen molar-refractivity contribution in [3.63, 3.8) is 0 Å². The van der Waals surface area contributed by atoms with Crippen LogP contribution in [0.3, 0.4) is 0 Å². The smallest absolute Gasteiger partial charge is 0.333 e. The Morgan fingerprint density at radius 2 is 1.10 bits per heavy atom. The summed E-state index contributed by atoms with van der Waals surface area (Å²) in [5.41, 5.74) is 21.6. The van der Waals surface area contributed by atoms with Crippen LogP contribution in [0.1, 0.15) is 118 Å². The molecule has 0 amide bonds. The SMILES string of the molecule is CC1(C)CCC(C)(C)c2cc3c(cc21)-c1cc(C2CCCCC2)cc2c1B(c1cccc4c1N2c1ccccc1C4(c1ccccc1)c1ccccc1)N3c1ccccc1. The Hall–Kier alpha value is -5.80. The van der Waals surface area contributed by atoms with Gasteiger partial charge in [0.2, 0.25) is 0 Å². The lowest BCUT2D eigenvalue weighted by atomic mass is 9.42. The molecule has 7 aromatic carbocycles. The van der Waals surface area contributed by atoms with Crippen LogP contribution in [-0.2, 0) is 16.2 Å². The van der Waals surface area contributed by atoms with E-state index in [1.165, 1.54) is 134 Å². The summed E-state index contributed by atoms with van der Waals surface area (Å²) >= 11 is 0. The lowest BCUT2D eigenvalue weighted by Crippen LogP contribution is -2.63. The van der Waals surface area contributed by atoms with Crippen molar-refractivity contribution in [2.24, 2.45) is 0 Å². The second-order valence-electron chi connectivity index (χ2n) is 19.7. The zero-order valence-electron chi connectivity index (χ0n) is 35.5. The van der Waals surface area contributed by atoms with E-state index in [4.69, 9.17) is 0 Å². The lowest BCUT2D eigenvalue weighted by Gasteiger charge is -2.52.